The lowest BCUT2D eigenvalue weighted by Crippen LogP contribution is -2.28. The Morgan fingerprint density at radius 1 is 1.45 bits per heavy atom. The molecule has 2 unspecified atom stereocenters. The van der Waals surface area contributed by atoms with Crippen LogP contribution < -0.4 is 11.1 Å². The molecule has 0 saturated heterocycles. The van der Waals surface area contributed by atoms with Crippen LogP contribution in [0.4, 0.5) is 5.69 Å². The molecular weight excluding hydrogens is 250 g/mol. The van der Waals surface area contributed by atoms with Crippen molar-refractivity contribution in [1.82, 2.24) is 10.3 Å². The number of amides is 1. The third kappa shape index (κ3) is 2.50. The second-order valence-electron chi connectivity index (χ2n) is 6.00. The molecule has 1 aromatic carbocycles. The van der Waals surface area contributed by atoms with Crippen LogP contribution in [0, 0.1) is 11.8 Å². The normalized spacial score (nSPS) is 22.2. The van der Waals surface area contributed by atoms with E-state index in [0.717, 1.165) is 23.4 Å². The van der Waals surface area contributed by atoms with E-state index in [1.165, 1.54) is 19.3 Å². The number of fused-ring (bicyclic) bond motifs is 1. The molecule has 3 rings (SSSR count). The van der Waals surface area contributed by atoms with Gasteiger partial charge in [0, 0.05) is 29.3 Å². The molecule has 1 aromatic heterocycles. The Labute approximate surface area is 118 Å². The monoisotopic (exact) mass is 271 g/mol. The first-order valence-corrected chi connectivity index (χ1v) is 7.28. The van der Waals surface area contributed by atoms with Crippen LogP contribution in [0.15, 0.2) is 24.4 Å². The van der Waals surface area contributed by atoms with Crippen molar-refractivity contribution in [2.75, 3.05) is 12.3 Å². The van der Waals surface area contributed by atoms with Crippen LogP contribution in [-0.2, 0) is 0 Å². The number of nitrogens with one attached hydrogen (secondary N) is 2. The number of hydrogen-bond donors (Lipinski definition) is 3. The largest absolute Gasteiger partial charge is 0.399 e. The van der Waals surface area contributed by atoms with Crippen LogP contribution in [-0.4, -0.2) is 17.4 Å². The van der Waals surface area contributed by atoms with Crippen molar-refractivity contribution in [3.8, 4) is 0 Å². The lowest BCUT2D eigenvalue weighted by atomic mass is 10.1. The fourth-order valence-electron chi connectivity index (χ4n) is 3.17. The predicted octanol–water partition coefficient (Wildman–Crippen LogP) is 2.92. The summed E-state index contributed by atoms with van der Waals surface area (Å²) in [6, 6.07) is 5.57. The number of benzene rings is 1. The molecule has 1 fully saturated rings. The fraction of sp³-hybridized carbons (Fsp3) is 0.438. The van der Waals surface area contributed by atoms with Gasteiger partial charge in [-0.2, -0.15) is 0 Å². The number of anilines is 1. The molecule has 0 spiro atoms. The van der Waals surface area contributed by atoms with E-state index < -0.39 is 0 Å². The van der Waals surface area contributed by atoms with Crippen LogP contribution >= 0.6 is 0 Å². The number of hydrogen-bond acceptors (Lipinski definition) is 2. The van der Waals surface area contributed by atoms with Crippen LogP contribution in [0.5, 0.6) is 0 Å². The molecule has 1 aliphatic carbocycles. The summed E-state index contributed by atoms with van der Waals surface area (Å²) in [4.78, 5) is 15.4. The van der Waals surface area contributed by atoms with E-state index in [1.807, 2.05) is 18.2 Å². The Hall–Kier alpha value is -1.97. The van der Waals surface area contributed by atoms with E-state index in [9.17, 15) is 4.79 Å². The average Bonchev–Trinajstić information content (AvgIpc) is 3.01. The van der Waals surface area contributed by atoms with Gasteiger partial charge < -0.3 is 16.0 Å². The van der Waals surface area contributed by atoms with Gasteiger partial charge in [-0.1, -0.05) is 13.3 Å². The fourth-order valence-corrected chi connectivity index (χ4v) is 3.17. The van der Waals surface area contributed by atoms with Crippen LogP contribution in [0.1, 0.15) is 36.5 Å². The number of aromatic amines is 1. The summed E-state index contributed by atoms with van der Waals surface area (Å²) < 4.78 is 0. The van der Waals surface area contributed by atoms with Crippen molar-refractivity contribution in [3.63, 3.8) is 0 Å². The molecule has 0 aliphatic heterocycles. The summed E-state index contributed by atoms with van der Waals surface area (Å²) in [7, 11) is 0. The zero-order chi connectivity index (χ0) is 14.1. The number of aromatic nitrogens is 1. The molecule has 0 bridgehead atoms. The SMILES string of the molecule is CC1CCC(CNC(=O)c2c[nH]c3cc(N)ccc23)C1. The van der Waals surface area contributed by atoms with Gasteiger partial charge in [0.2, 0.25) is 0 Å². The van der Waals surface area contributed by atoms with Gasteiger partial charge in [-0.25, -0.2) is 0 Å². The Bertz CT molecular complexity index is 632. The topological polar surface area (TPSA) is 70.9 Å². The minimum Gasteiger partial charge on any atom is -0.399 e. The van der Waals surface area contributed by atoms with Gasteiger partial charge in [-0.15, -0.1) is 0 Å². The molecule has 1 saturated carbocycles. The lowest BCUT2D eigenvalue weighted by molar-refractivity contribution is 0.0949. The minimum absolute atomic E-state index is 0.000532. The number of H-pyrrole nitrogens is 1. The number of nitrogen functional groups attached to an aromatic ring is 1. The van der Waals surface area contributed by atoms with E-state index in [4.69, 9.17) is 5.73 Å². The van der Waals surface area contributed by atoms with E-state index >= 15 is 0 Å². The van der Waals surface area contributed by atoms with Gasteiger partial charge in [0.1, 0.15) is 0 Å². The van der Waals surface area contributed by atoms with E-state index in [-0.39, 0.29) is 5.91 Å². The molecule has 1 amide bonds. The first-order chi connectivity index (χ1) is 9.63. The first-order valence-electron chi connectivity index (χ1n) is 7.28. The Kier molecular flexibility index (Phi) is 3.38. The van der Waals surface area contributed by atoms with Crippen molar-refractivity contribution in [2.24, 2.45) is 11.8 Å². The summed E-state index contributed by atoms with van der Waals surface area (Å²) in [5.41, 5.74) is 8.05. The summed E-state index contributed by atoms with van der Waals surface area (Å²) in [6.45, 7) is 3.07. The third-order valence-electron chi connectivity index (χ3n) is 4.31. The maximum absolute atomic E-state index is 12.3. The van der Waals surface area contributed by atoms with Gasteiger partial charge in [0.25, 0.3) is 5.91 Å². The molecule has 1 heterocycles. The van der Waals surface area contributed by atoms with Crippen molar-refractivity contribution < 1.29 is 4.79 Å². The summed E-state index contributed by atoms with van der Waals surface area (Å²) in [5.74, 6) is 1.43. The Balaban J connectivity index is 1.69. The number of rotatable bonds is 3. The van der Waals surface area contributed by atoms with Crippen molar-refractivity contribution in [2.45, 2.75) is 26.2 Å². The molecular formula is C16H21N3O. The maximum atomic E-state index is 12.3. The first kappa shape index (κ1) is 13.0. The van der Waals surface area contributed by atoms with Crippen LogP contribution in [0.3, 0.4) is 0 Å². The zero-order valence-corrected chi connectivity index (χ0v) is 11.8. The van der Waals surface area contributed by atoms with Crippen LogP contribution in [0.2, 0.25) is 0 Å². The molecule has 20 heavy (non-hydrogen) atoms. The molecule has 106 valence electrons. The van der Waals surface area contributed by atoms with Crippen molar-refractivity contribution >= 4 is 22.5 Å². The van der Waals surface area contributed by atoms with Gasteiger partial charge in [-0.05, 0) is 42.9 Å². The molecule has 2 aromatic rings. The van der Waals surface area contributed by atoms with Gasteiger partial charge >= 0.3 is 0 Å². The highest BCUT2D eigenvalue weighted by Gasteiger charge is 2.22. The molecule has 2 atom stereocenters. The van der Waals surface area contributed by atoms with E-state index in [1.54, 1.807) is 6.20 Å². The Morgan fingerprint density at radius 3 is 3.05 bits per heavy atom. The number of nitrogens with two attached hydrogens (primary N) is 1. The van der Waals surface area contributed by atoms with Crippen LogP contribution in [0.25, 0.3) is 10.9 Å². The smallest absolute Gasteiger partial charge is 0.253 e. The standard InChI is InChI=1S/C16H21N3O/c1-10-2-3-11(6-10)8-19-16(20)14-9-18-15-7-12(17)4-5-13(14)15/h4-5,7,9-11,18H,2-3,6,8,17H2,1H3,(H,19,20). The van der Waals surface area contributed by atoms with Crippen molar-refractivity contribution in [1.29, 1.82) is 0 Å². The quantitative estimate of drug-likeness (QED) is 0.751. The second-order valence-corrected chi connectivity index (χ2v) is 6.00. The highest BCUT2D eigenvalue weighted by Crippen LogP contribution is 2.29. The molecule has 4 nitrogen and oxygen atoms in total. The van der Waals surface area contributed by atoms with Gasteiger partial charge in [-0.3, -0.25) is 4.79 Å². The van der Waals surface area contributed by atoms with E-state index in [0.29, 0.717) is 17.2 Å². The molecule has 4 heteroatoms. The average molecular weight is 271 g/mol. The Morgan fingerprint density at radius 2 is 2.30 bits per heavy atom. The zero-order valence-electron chi connectivity index (χ0n) is 11.8. The van der Waals surface area contributed by atoms with E-state index in [2.05, 4.69) is 17.2 Å². The molecule has 4 N–H and O–H groups in total. The number of carbonyl (C=O) groups is 1. The highest BCUT2D eigenvalue weighted by atomic mass is 16.1. The van der Waals surface area contributed by atoms with Crippen molar-refractivity contribution in [3.05, 3.63) is 30.0 Å². The third-order valence-corrected chi connectivity index (χ3v) is 4.31. The highest BCUT2D eigenvalue weighted by molar-refractivity contribution is 6.07. The van der Waals surface area contributed by atoms with Gasteiger partial charge in [0.05, 0.1) is 5.56 Å². The number of carbonyl (C=O) groups excluding carboxylic acids is 1. The summed E-state index contributed by atoms with van der Waals surface area (Å²) in [6.07, 6.45) is 5.50. The predicted molar refractivity (Wildman–Crippen MR) is 81.5 cm³/mol. The maximum Gasteiger partial charge on any atom is 0.253 e. The summed E-state index contributed by atoms with van der Waals surface area (Å²) >= 11 is 0. The van der Waals surface area contributed by atoms with Gasteiger partial charge in [0.15, 0.2) is 0 Å². The lowest BCUT2D eigenvalue weighted by Gasteiger charge is -2.10. The molecule has 1 aliphatic rings. The summed E-state index contributed by atoms with van der Waals surface area (Å²) in [5, 5.41) is 3.99. The second kappa shape index (κ2) is 5.19. The molecule has 0 radical (unpaired) electrons. The minimum atomic E-state index is 0.000532.